The van der Waals surface area contributed by atoms with Crippen molar-refractivity contribution in [1.82, 2.24) is 10.2 Å². The normalized spacial score (nSPS) is 26.3. The van der Waals surface area contributed by atoms with Gasteiger partial charge in [0.15, 0.2) is 0 Å². The fourth-order valence-electron chi connectivity index (χ4n) is 3.42. The van der Waals surface area contributed by atoms with Crippen LogP contribution in [-0.4, -0.2) is 29.9 Å². The first-order chi connectivity index (χ1) is 10.2. The summed E-state index contributed by atoms with van der Waals surface area (Å²) in [5.74, 6) is 0.507. The van der Waals surface area contributed by atoms with Crippen molar-refractivity contribution in [2.24, 2.45) is 11.7 Å². The Hall–Kier alpha value is -1.46. The monoisotopic (exact) mass is 291 g/mol. The Balaban J connectivity index is 1.63. The Morgan fingerprint density at radius 1 is 1.38 bits per heavy atom. The molecule has 2 heterocycles. The maximum absolute atomic E-state index is 14.0. The van der Waals surface area contributed by atoms with Crippen LogP contribution in [0.4, 0.5) is 4.39 Å². The van der Waals surface area contributed by atoms with Crippen LogP contribution in [0.2, 0.25) is 0 Å². The van der Waals surface area contributed by atoms with E-state index < -0.39 is 0 Å². The summed E-state index contributed by atoms with van der Waals surface area (Å²) in [5, 5.41) is 3.08. The zero-order valence-electron chi connectivity index (χ0n) is 12.1. The average Bonchev–Trinajstić information content (AvgIpc) is 2.49. The van der Waals surface area contributed by atoms with Crippen molar-refractivity contribution >= 4 is 5.91 Å². The Morgan fingerprint density at radius 2 is 2.24 bits per heavy atom. The number of carbonyl (C=O) groups is 1. The lowest BCUT2D eigenvalue weighted by Crippen LogP contribution is -2.53. The number of hydrogen-bond donors (Lipinski definition) is 2. The highest BCUT2D eigenvalue weighted by Crippen LogP contribution is 2.26. The minimum atomic E-state index is -0.169. The highest BCUT2D eigenvalue weighted by Gasteiger charge is 2.33. The van der Waals surface area contributed by atoms with Gasteiger partial charge in [0, 0.05) is 44.2 Å². The topological polar surface area (TPSA) is 58.4 Å². The molecule has 0 aliphatic carbocycles. The van der Waals surface area contributed by atoms with Crippen LogP contribution in [0.3, 0.4) is 0 Å². The molecule has 2 fully saturated rings. The van der Waals surface area contributed by atoms with Gasteiger partial charge in [0.25, 0.3) is 0 Å². The lowest BCUT2D eigenvalue weighted by atomic mass is 9.85. The summed E-state index contributed by atoms with van der Waals surface area (Å²) in [6.07, 6.45) is 2.52. The third-order valence-electron chi connectivity index (χ3n) is 4.65. The van der Waals surface area contributed by atoms with Crippen LogP contribution in [0.1, 0.15) is 30.4 Å². The van der Waals surface area contributed by atoms with Crippen molar-refractivity contribution in [2.75, 3.05) is 13.1 Å². The lowest BCUT2D eigenvalue weighted by molar-refractivity contribution is -0.125. The SMILES string of the molecule is NCc1ccc(CN2CCC3NC(=O)CCC3C2)c(F)c1. The van der Waals surface area contributed by atoms with Crippen molar-refractivity contribution in [2.45, 2.75) is 38.4 Å². The van der Waals surface area contributed by atoms with Gasteiger partial charge in [-0.15, -0.1) is 0 Å². The van der Waals surface area contributed by atoms with Crippen LogP contribution in [0.15, 0.2) is 18.2 Å². The van der Waals surface area contributed by atoms with E-state index in [1.54, 1.807) is 0 Å². The third-order valence-corrected chi connectivity index (χ3v) is 4.65. The summed E-state index contributed by atoms with van der Waals surface area (Å²) < 4.78 is 14.0. The van der Waals surface area contributed by atoms with Gasteiger partial charge in [-0.05, 0) is 30.4 Å². The molecule has 21 heavy (non-hydrogen) atoms. The summed E-state index contributed by atoms with van der Waals surface area (Å²) in [7, 11) is 0. The van der Waals surface area contributed by atoms with Crippen LogP contribution in [0.25, 0.3) is 0 Å². The molecule has 4 nitrogen and oxygen atoms in total. The van der Waals surface area contributed by atoms with E-state index in [4.69, 9.17) is 5.73 Å². The van der Waals surface area contributed by atoms with E-state index in [-0.39, 0.29) is 11.7 Å². The first-order valence-electron chi connectivity index (χ1n) is 7.65. The second-order valence-electron chi connectivity index (χ2n) is 6.13. The Kier molecular flexibility index (Phi) is 4.22. The van der Waals surface area contributed by atoms with Gasteiger partial charge in [-0.25, -0.2) is 4.39 Å². The van der Waals surface area contributed by atoms with Gasteiger partial charge in [-0.3, -0.25) is 9.69 Å². The molecule has 2 unspecified atom stereocenters. The predicted molar refractivity (Wildman–Crippen MR) is 78.8 cm³/mol. The Morgan fingerprint density at radius 3 is 3.00 bits per heavy atom. The number of nitrogens with one attached hydrogen (secondary N) is 1. The smallest absolute Gasteiger partial charge is 0.220 e. The maximum atomic E-state index is 14.0. The summed E-state index contributed by atoms with van der Waals surface area (Å²) in [4.78, 5) is 13.7. The number of nitrogens with zero attached hydrogens (tertiary/aromatic N) is 1. The molecule has 2 saturated heterocycles. The average molecular weight is 291 g/mol. The van der Waals surface area contributed by atoms with Gasteiger partial charge in [0.05, 0.1) is 0 Å². The van der Waals surface area contributed by atoms with E-state index >= 15 is 0 Å². The van der Waals surface area contributed by atoms with Gasteiger partial charge in [0.1, 0.15) is 5.82 Å². The lowest BCUT2D eigenvalue weighted by Gasteiger charge is -2.41. The van der Waals surface area contributed by atoms with Crippen LogP contribution in [0, 0.1) is 11.7 Å². The van der Waals surface area contributed by atoms with Gasteiger partial charge in [-0.1, -0.05) is 12.1 Å². The molecule has 1 aromatic rings. The summed E-state index contributed by atoms with van der Waals surface area (Å²) >= 11 is 0. The molecule has 0 radical (unpaired) electrons. The molecule has 3 N–H and O–H groups in total. The number of amides is 1. The molecule has 0 bridgehead atoms. The van der Waals surface area contributed by atoms with Gasteiger partial charge >= 0.3 is 0 Å². The number of rotatable bonds is 3. The van der Waals surface area contributed by atoms with E-state index in [0.717, 1.165) is 37.1 Å². The zero-order valence-corrected chi connectivity index (χ0v) is 12.1. The van der Waals surface area contributed by atoms with E-state index in [2.05, 4.69) is 10.2 Å². The number of fused-ring (bicyclic) bond motifs is 1. The molecule has 114 valence electrons. The van der Waals surface area contributed by atoms with Crippen LogP contribution in [0.5, 0.6) is 0 Å². The molecule has 2 aliphatic heterocycles. The standard InChI is InChI=1S/C16H22FN3O/c17-14-7-11(8-18)1-2-12(14)9-20-6-5-15-13(10-20)3-4-16(21)19-15/h1-2,7,13,15H,3-6,8-10,18H2,(H,19,21). The largest absolute Gasteiger partial charge is 0.353 e. The first kappa shape index (κ1) is 14.5. The molecule has 2 atom stereocenters. The van der Waals surface area contributed by atoms with E-state index in [0.29, 0.717) is 31.5 Å². The van der Waals surface area contributed by atoms with Crippen molar-refractivity contribution in [1.29, 1.82) is 0 Å². The number of likely N-dealkylation sites (tertiary alicyclic amines) is 1. The number of benzene rings is 1. The van der Waals surface area contributed by atoms with Crippen molar-refractivity contribution in [3.63, 3.8) is 0 Å². The number of piperidine rings is 2. The Labute approximate surface area is 124 Å². The minimum absolute atomic E-state index is 0.169. The second-order valence-corrected chi connectivity index (χ2v) is 6.13. The predicted octanol–water partition coefficient (Wildman–Crippen LogP) is 1.38. The highest BCUT2D eigenvalue weighted by atomic mass is 19.1. The van der Waals surface area contributed by atoms with E-state index in [1.807, 2.05) is 12.1 Å². The fourth-order valence-corrected chi connectivity index (χ4v) is 3.42. The molecule has 1 amide bonds. The summed E-state index contributed by atoms with van der Waals surface area (Å²) in [6, 6.07) is 5.58. The Bertz CT molecular complexity index is 534. The molecule has 5 heteroatoms. The number of nitrogens with two attached hydrogens (primary N) is 1. The van der Waals surface area contributed by atoms with Crippen molar-refractivity contribution in [3.8, 4) is 0 Å². The van der Waals surface area contributed by atoms with Crippen molar-refractivity contribution < 1.29 is 9.18 Å². The second kappa shape index (κ2) is 6.12. The third kappa shape index (κ3) is 3.24. The van der Waals surface area contributed by atoms with Gasteiger partial charge < -0.3 is 11.1 Å². The highest BCUT2D eigenvalue weighted by molar-refractivity contribution is 5.77. The van der Waals surface area contributed by atoms with Gasteiger partial charge in [0.2, 0.25) is 5.91 Å². The van der Waals surface area contributed by atoms with Crippen LogP contribution < -0.4 is 11.1 Å². The van der Waals surface area contributed by atoms with Gasteiger partial charge in [-0.2, -0.15) is 0 Å². The van der Waals surface area contributed by atoms with E-state index in [9.17, 15) is 9.18 Å². The van der Waals surface area contributed by atoms with E-state index in [1.165, 1.54) is 6.07 Å². The summed E-state index contributed by atoms with van der Waals surface area (Å²) in [5.41, 5.74) is 7.08. The van der Waals surface area contributed by atoms with Crippen LogP contribution in [-0.2, 0) is 17.9 Å². The maximum Gasteiger partial charge on any atom is 0.220 e. The molecule has 3 rings (SSSR count). The molecule has 2 aliphatic rings. The zero-order chi connectivity index (χ0) is 14.8. The number of halogens is 1. The molecule has 0 aromatic heterocycles. The number of hydrogen-bond acceptors (Lipinski definition) is 3. The van der Waals surface area contributed by atoms with Crippen LogP contribution >= 0.6 is 0 Å². The fraction of sp³-hybridized carbons (Fsp3) is 0.562. The minimum Gasteiger partial charge on any atom is -0.353 e. The first-order valence-corrected chi connectivity index (χ1v) is 7.65. The quantitative estimate of drug-likeness (QED) is 0.884. The molecule has 0 spiro atoms. The summed E-state index contributed by atoms with van der Waals surface area (Å²) in [6.45, 7) is 2.83. The number of carbonyl (C=O) groups excluding carboxylic acids is 1. The molecule has 0 saturated carbocycles. The molecule has 1 aromatic carbocycles. The van der Waals surface area contributed by atoms with Crippen molar-refractivity contribution in [3.05, 3.63) is 35.1 Å². The molecular formula is C16H22FN3O. The molecular weight excluding hydrogens is 269 g/mol.